The third-order valence-corrected chi connectivity index (χ3v) is 2.38. The minimum Gasteiger partial charge on any atom is -0.466 e. The van der Waals surface area contributed by atoms with Crippen LogP contribution in [0.15, 0.2) is 30.3 Å². The Hall–Kier alpha value is -0.870. The first-order chi connectivity index (χ1) is 6.56. The van der Waals surface area contributed by atoms with E-state index in [-0.39, 0.29) is 6.42 Å². The molecule has 0 aliphatic rings. The Morgan fingerprint density at radius 2 is 2.07 bits per heavy atom. The maximum atomic E-state index is 11.1. The quantitative estimate of drug-likeness (QED) is 0.660. The van der Waals surface area contributed by atoms with Gasteiger partial charge in [-0.15, -0.1) is 0 Å². The molecule has 1 N–H and O–H groups in total. The Bertz CT molecular complexity index is 308. The van der Waals surface area contributed by atoms with Gasteiger partial charge in [0.15, 0.2) is 0 Å². The summed E-state index contributed by atoms with van der Waals surface area (Å²) in [7, 11) is 1.24. The Morgan fingerprint density at radius 1 is 1.50 bits per heavy atom. The highest BCUT2D eigenvalue weighted by Gasteiger charge is 2.33. The first-order valence-corrected chi connectivity index (χ1v) is 4.89. The summed E-state index contributed by atoms with van der Waals surface area (Å²) in [6, 6.07) is 9.21. The van der Waals surface area contributed by atoms with Crippen molar-refractivity contribution in [3.63, 3.8) is 0 Å². The highest BCUT2D eigenvalue weighted by atomic mass is 79.9. The van der Waals surface area contributed by atoms with Crippen LogP contribution in [0.4, 0.5) is 0 Å². The molecular formula is C10H11BrO3. The van der Waals surface area contributed by atoms with Crippen molar-refractivity contribution < 1.29 is 14.6 Å². The van der Waals surface area contributed by atoms with E-state index in [1.807, 2.05) is 30.3 Å². The van der Waals surface area contributed by atoms with E-state index in [0.29, 0.717) is 0 Å². The van der Waals surface area contributed by atoms with Crippen molar-refractivity contribution >= 4 is 21.9 Å². The average Bonchev–Trinajstić information content (AvgIpc) is 2.17. The number of ether oxygens (including phenoxy) is 1. The highest BCUT2D eigenvalue weighted by Crippen LogP contribution is 2.21. The second-order valence-corrected chi connectivity index (χ2v) is 4.23. The summed E-state index contributed by atoms with van der Waals surface area (Å²) in [5.41, 5.74) is 0.859. The molecule has 0 aromatic heterocycles. The largest absolute Gasteiger partial charge is 0.466 e. The van der Waals surface area contributed by atoms with Gasteiger partial charge in [-0.3, -0.25) is 0 Å². The van der Waals surface area contributed by atoms with E-state index in [9.17, 15) is 9.90 Å². The van der Waals surface area contributed by atoms with Crippen LogP contribution in [-0.4, -0.2) is 22.7 Å². The predicted octanol–water partition coefficient (Wildman–Crippen LogP) is 1.49. The lowest BCUT2D eigenvalue weighted by Gasteiger charge is -2.17. The summed E-state index contributed by atoms with van der Waals surface area (Å²) in [6.45, 7) is 0. The number of benzene rings is 1. The SMILES string of the molecule is COC(=O)[C@@](O)(Br)Cc1ccccc1. The molecule has 0 radical (unpaired) electrons. The molecule has 1 aromatic carbocycles. The van der Waals surface area contributed by atoms with Crippen LogP contribution in [0.2, 0.25) is 0 Å². The maximum Gasteiger partial charge on any atom is 0.349 e. The molecule has 0 amide bonds. The van der Waals surface area contributed by atoms with Gasteiger partial charge < -0.3 is 9.84 Å². The second-order valence-electron chi connectivity index (χ2n) is 2.91. The molecule has 1 aromatic rings. The first kappa shape index (κ1) is 11.2. The van der Waals surface area contributed by atoms with Crippen LogP contribution in [0.1, 0.15) is 5.56 Å². The number of methoxy groups -OCH3 is 1. The molecule has 1 rings (SSSR count). The Balaban J connectivity index is 2.73. The number of hydrogen-bond acceptors (Lipinski definition) is 3. The van der Waals surface area contributed by atoms with Crippen molar-refractivity contribution in [2.45, 2.75) is 10.9 Å². The lowest BCUT2D eigenvalue weighted by atomic mass is 10.1. The molecular weight excluding hydrogens is 248 g/mol. The lowest BCUT2D eigenvalue weighted by molar-refractivity contribution is -0.152. The Labute approximate surface area is 90.8 Å². The fraction of sp³-hybridized carbons (Fsp3) is 0.300. The second kappa shape index (κ2) is 4.57. The summed E-state index contributed by atoms with van der Waals surface area (Å²) in [5, 5.41) is 9.68. The van der Waals surface area contributed by atoms with Crippen molar-refractivity contribution in [1.29, 1.82) is 0 Å². The van der Waals surface area contributed by atoms with E-state index in [1.165, 1.54) is 7.11 Å². The number of rotatable bonds is 3. The molecule has 0 unspecified atom stereocenters. The smallest absolute Gasteiger partial charge is 0.349 e. The monoisotopic (exact) mass is 258 g/mol. The summed E-state index contributed by atoms with van der Waals surface area (Å²) in [4.78, 5) is 11.1. The lowest BCUT2D eigenvalue weighted by Crippen LogP contribution is -2.35. The van der Waals surface area contributed by atoms with Crippen molar-refractivity contribution in [3.05, 3.63) is 35.9 Å². The number of alkyl halides is 1. The molecule has 76 valence electrons. The molecule has 0 aliphatic heterocycles. The van der Waals surface area contributed by atoms with Gasteiger partial charge in [-0.05, 0) is 21.5 Å². The van der Waals surface area contributed by atoms with Gasteiger partial charge in [0.25, 0.3) is 0 Å². The fourth-order valence-electron chi connectivity index (χ4n) is 1.09. The van der Waals surface area contributed by atoms with Gasteiger partial charge in [0.05, 0.1) is 7.11 Å². The molecule has 14 heavy (non-hydrogen) atoms. The molecule has 0 bridgehead atoms. The number of carbonyl (C=O) groups excluding carboxylic acids is 1. The first-order valence-electron chi connectivity index (χ1n) is 4.10. The van der Waals surface area contributed by atoms with Crippen molar-refractivity contribution in [2.24, 2.45) is 0 Å². The Kier molecular flexibility index (Phi) is 3.66. The van der Waals surface area contributed by atoms with E-state index in [4.69, 9.17) is 0 Å². The number of carbonyl (C=O) groups is 1. The van der Waals surface area contributed by atoms with Crippen LogP contribution < -0.4 is 0 Å². The van der Waals surface area contributed by atoms with Crippen LogP contribution >= 0.6 is 15.9 Å². The molecule has 0 heterocycles. The third-order valence-electron chi connectivity index (χ3n) is 1.78. The van der Waals surface area contributed by atoms with E-state index in [2.05, 4.69) is 20.7 Å². The van der Waals surface area contributed by atoms with E-state index in [0.717, 1.165) is 5.56 Å². The highest BCUT2D eigenvalue weighted by molar-refractivity contribution is 9.10. The zero-order valence-electron chi connectivity index (χ0n) is 7.74. The number of hydrogen-bond donors (Lipinski definition) is 1. The topological polar surface area (TPSA) is 46.5 Å². The van der Waals surface area contributed by atoms with Crippen LogP contribution in [0.25, 0.3) is 0 Å². The van der Waals surface area contributed by atoms with Gasteiger partial charge in [0.2, 0.25) is 4.51 Å². The summed E-state index contributed by atoms with van der Waals surface area (Å²) >= 11 is 2.93. The van der Waals surface area contributed by atoms with E-state index in [1.54, 1.807) is 0 Å². The van der Waals surface area contributed by atoms with Gasteiger partial charge in [0.1, 0.15) is 0 Å². The molecule has 4 heteroatoms. The van der Waals surface area contributed by atoms with Crippen LogP contribution in [0.3, 0.4) is 0 Å². The van der Waals surface area contributed by atoms with Crippen molar-refractivity contribution in [2.75, 3.05) is 7.11 Å². The number of esters is 1. The molecule has 0 saturated heterocycles. The number of aliphatic hydroxyl groups is 1. The van der Waals surface area contributed by atoms with Gasteiger partial charge in [0, 0.05) is 6.42 Å². The maximum absolute atomic E-state index is 11.1. The van der Waals surface area contributed by atoms with Crippen molar-refractivity contribution in [3.8, 4) is 0 Å². The van der Waals surface area contributed by atoms with E-state index < -0.39 is 10.5 Å². The van der Waals surface area contributed by atoms with Gasteiger partial charge in [-0.25, -0.2) is 4.79 Å². The van der Waals surface area contributed by atoms with Gasteiger partial charge in [-0.1, -0.05) is 30.3 Å². The standard InChI is InChI=1S/C10H11BrO3/c1-14-9(12)10(11,13)7-8-5-3-2-4-6-8/h2-6,13H,7H2,1H3/t10-/m1/s1. The average molecular weight is 259 g/mol. The normalized spacial score (nSPS) is 14.5. The summed E-state index contributed by atoms with van der Waals surface area (Å²) < 4.78 is 2.82. The fourth-order valence-corrected chi connectivity index (χ4v) is 1.58. The zero-order valence-corrected chi connectivity index (χ0v) is 9.32. The van der Waals surface area contributed by atoms with Crippen molar-refractivity contribution in [1.82, 2.24) is 0 Å². The zero-order chi connectivity index (χ0) is 10.6. The molecule has 0 saturated carbocycles. The predicted molar refractivity (Wildman–Crippen MR) is 56.0 cm³/mol. The van der Waals surface area contributed by atoms with Gasteiger partial charge in [-0.2, -0.15) is 0 Å². The number of halogens is 1. The molecule has 0 spiro atoms. The van der Waals surface area contributed by atoms with Crippen LogP contribution in [-0.2, 0) is 16.0 Å². The molecule has 1 atom stereocenters. The summed E-state index contributed by atoms with van der Waals surface area (Å²) in [5.74, 6) is -0.693. The minimum atomic E-state index is -1.64. The minimum absolute atomic E-state index is 0.181. The van der Waals surface area contributed by atoms with Gasteiger partial charge >= 0.3 is 5.97 Å². The van der Waals surface area contributed by atoms with Crippen LogP contribution in [0, 0.1) is 0 Å². The molecule has 0 fully saturated rings. The molecule has 3 nitrogen and oxygen atoms in total. The van der Waals surface area contributed by atoms with Crippen LogP contribution in [0.5, 0.6) is 0 Å². The third kappa shape index (κ3) is 2.82. The Morgan fingerprint density at radius 3 is 2.57 bits per heavy atom. The van der Waals surface area contributed by atoms with E-state index >= 15 is 0 Å². The molecule has 0 aliphatic carbocycles. The summed E-state index contributed by atoms with van der Waals surface area (Å²) in [6.07, 6.45) is 0.181.